The number of aromatic amines is 1. The fourth-order valence-corrected chi connectivity index (χ4v) is 1.25. The second-order valence-electron chi connectivity index (χ2n) is 2.78. The molecule has 13 heavy (non-hydrogen) atoms. The van der Waals surface area contributed by atoms with Gasteiger partial charge in [0.2, 0.25) is 5.91 Å². The van der Waals surface area contributed by atoms with Crippen LogP contribution in [0.25, 0.3) is 11.0 Å². The average molecular weight is 175 g/mol. The van der Waals surface area contributed by atoms with Gasteiger partial charge in [0.1, 0.15) is 5.65 Å². The summed E-state index contributed by atoms with van der Waals surface area (Å²) in [6, 6.07) is 3.74. The van der Waals surface area contributed by atoms with Crippen molar-refractivity contribution in [2.24, 2.45) is 0 Å². The number of carbonyl (C=O) groups is 1. The van der Waals surface area contributed by atoms with Crippen molar-refractivity contribution in [2.75, 3.05) is 5.32 Å². The number of amides is 1. The van der Waals surface area contributed by atoms with E-state index in [9.17, 15) is 4.79 Å². The first-order valence-corrected chi connectivity index (χ1v) is 3.97. The summed E-state index contributed by atoms with van der Waals surface area (Å²) in [7, 11) is 0. The number of rotatable bonds is 1. The van der Waals surface area contributed by atoms with E-state index in [4.69, 9.17) is 0 Å². The Morgan fingerprint density at radius 1 is 1.62 bits per heavy atom. The molecule has 2 rings (SSSR count). The SMILES string of the molecule is CC(=O)Nc1c[nH]c2ncccc12. The fraction of sp³-hybridized carbons (Fsp3) is 0.111. The molecule has 2 aromatic rings. The smallest absolute Gasteiger partial charge is 0.221 e. The van der Waals surface area contributed by atoms with Gasteiger partial charge < -0.3 is 10.3 Å². The van der Waals surface area contributed by atoms with Crippen LogP contribution in [0.4, 0.5) is 5.69 Å². The van der Waals surface area contributed by atoms with E-state index in [1.54, 1.807) is 12.4 Å². The third kappa shape index (κ3) is 1.38. The van der Waals surface area contributed by atoms with E-state index in [2.05, 4.69) is 15.3 Å². The molecule has 0 saturated heterocycles. The van der Waals surface area contributed by atoms with Gasteiger partial charge in [0.25, 0.3) is 0 Å². The van der Waals surface area contributed by atoms with E-state index >= 15 is 0 Å². The van der Waals surface area contributed by atoms with Gasteiger partial charge in [-0.15, -0.1) is 0 Å². The largest absolute Gasteiger partial charge is 0.344 e. The van der Waals surface area contributed by atoms with Crippen LogP contribution in [-0.4, -0.2) is 15.9 Å². The molecule has 0 radical (unpaired) electrons. The minimum absolute atomic E-state index is 0.0789. The van der Waals surface area contributed by atoms with E-state index in [1.165, 1.54) is 6.92 Å². The van der Waals surface area contributed by atoms with Crippen LogP contribution in [-0.2, 0) is 4.79 Å². The predicted molar refractivity (Wildman–Crippen MR) is 50.4 cm³/mol. The number of H-pyrrole nitrogens is 1. The number of nitrogens with zero attached hydrogens (tertiary/aromatic N) is 1. The van der Waals surface area contributed by atoms with Gasteiger partial charge in [0.15, 0.2) is 0 Å². The lowest BCUT2D eigenvalue weighted by atomic mass is 10.3. The first-order valence-electron chi connectivity index (χ1n) is 3.97. The molecule has 0 bridgehead atoms. The molecule has 0 aliphatic carbocycles. The Morgan fingerprint density at radius 2 is 2.46 bits per heavy atom. The summed E-state index contributed by atoms with van der Waals surface area (Å²) < 4.78 is 0. The van der Waals surface area contributed by atoms with Crippen molar-refractivity contribution in [2.45, 2.75) is 6.92 Å². The number of hydrogen-bond donors (Lipinski definition) is 2. The first kappa shape index (κ1) is 7.79. The maximum atomic E-state index is 10.8. The maximum absolute atomic E-state index is 10.8. The lowest BCUT2D eigenvalue weighted by Gasteiger charge is -1.97. The number of pyridine rings is 1. The van der Waals surface area contributed by atoms with Gasteiger partial charge in [-0.25, -0.2) is 4.98 Å². The molecule has 0 aliphatic rings. The molecule has 0 fully saturated rings. The Kier molecular flexibility index (Phi) is 1.73. The van der Waals surface area contributed by atoms with E-state index in [-0.39, 0.29) is 5.91 Å². The minimum atomic E-state index is -0.0789. The number of nitrogens with one attached hydrogen (secondary N) is 2. The molecule has 0 atom stereocenters. The van der Waals surface area contributed by atoms with Gasteiger partial charge in [0, 0.05) is 24.7 Å². The van der Waals surface area contributed by atoms with E-state index in [0.29, 0.717) is 0 Å². The number of hydrogen-bond acceptors (Lipinski definition) is 2. The highest BCUT2D eigenvalue weighted by molar-refractivity contribution is 5.99. The monoisotopic (exact) mass is 175 g/mol. The summed E-state index contributed by atoms with van der Waals surface area (Å²) in [4.78, 5) is 17.9. The van der Waals surface area contributed by atoms with Gasteiger partial charge in [0.05, 0.1) is 5.69 Å². The number of anilines is 1. The summed E-state index contributed by atoms with van der Waals surface area (Å²) in [5, 5.41) is 3.65. The fourth-order valence-electron chi connectivity index (χ4n) is 1.25. The molecule has 2 N–H and O–H groups in total. The standard InChI is InChI=1S/C9H9N3O/c1-6(13)12-8-5-11-9-7(8)3-2-4-10-9/h2-5H,1H3,(H,10,11)(H,12,13). The second kappa shape index (κ2) is 2.90. The average Bonchev–Trinajstić information content (AvgIpc) is 2.48. The number of carbonyl (C=O) groups excluding carboxylic acids is 1. The topological polar surface area (TPSA) is 57.8 Å². The second-order valence-corrected chi connectivity index (χ2v) is 2.78. The third-order valence-electron chi connectivity index (χ3n) is 1.76. The van der Waals surface area contributed by atoms with E-state index in [0.717, 1.165) is 16.7 Å². The van der Waals surface area contributed by atoms with E-state index < -0.39 is 0 Å². The molecular formula is C9H9N3O. The quantitative estimate of drug-likeness (QED) is 0.690. The Bertz CT molecular complexity index is 447. The van der Waals surface area contributed by atoms with Crippen LogP contribution in [0.15, 0.2) is 24.5 Å². The highest BCUT2D eigenvalue weighted by atomic mass is 16.1. The highest BCUT2D eigenvalue weighted by Gasteiger charge is 2.03. The Labute approximate surface area is 75.0 Å². The maximum Gasteiger partial charge on any atom is 0.221 e. The van der Waals surface area contributed by atoms with Crippen molar-refractivity contribution in [1.29, 1.82) is 0 Å². The van der Waals surface area contributed by atoms with Crippen LogP contribution < -0.4 is 5.32 Å². The molecule has 0 spiro atoms. The molecule has 4 heteroatoms. The van der Waals surface area contributed by atoms with Crippen molar-refractivity contribution in [1.82, 2.24) is 9.97 Å². The van der Waals surface area contributed by atoms with Crippen LogP contribution >= 0.6 is 0 Å². The molecule has 1 amide bonds. The summed E-state index contributed by atoms with van der Waals surface area (Å²) in [6.07, 6.45) is 3.44. The molecule has 4 nitrogen and oxygen atoms in total. The third-order valence-corrected chi connectivity index (χ3v) is 1.76. The van der Waals surface area contributed by atoms with E-state index in [1.807, 2.05) is 12.1 Å². The molecule has 0 aliphatic heterocycles. The summed E-state index contributed by atoms with van der Waals surface area (Å²) in [5.41, 5.74) is 1.56. The molecular weight excluding hydrogens is 166 g/mol. The van der Waals surface area contributed by atoms with Gasteiger partial charge in [-0.1, -0.05) is 0 Å². The molecule has 0 unspecified atom stereocenters. The van der Waals surface area contributed by atoms with Crippen molar-refractivity contribution in [3.63, 3.8) is 0 Å². The summed E-state index contributed by atoms with van der Waals surface area (Å²) in [5.74, 6) is -0.0789. The van der Waals surface area contributed by atoms with Gasteiger partial charge in [-0.05, 0) is 12.1 Å². The molecule has 0 aromatic carbocycles. The zero-order chi connectivity index (χ0) is 9.26. The summed E-state index contributed by atoms with van der Waals surface area (Å²) in [6.45, 7) is 1.48. The van der Waals surface area contributed by atoms with Crippen LogP contribution in [0.2, 0.25) is 0 Å². The number of fused-ring (bicyclic) bond motifs is 1. The lowest BCUT2D eigenvalue weighted by molar-refractivity contribution is -0.114. The minimum Gasteiger partial charge on any atom is -0.344 e. The number of aromatic nitrogens is 2. The van der Waals surface area contributed by atoms with Crippen molar-refractivity contribution in [3.8, 4) is 0 Å². The van der Waals surface area contributed by atoms with Gasteiger partial charge in [-0.2, -0.15) is 0 Å². The molecule has 66 valence electrons. The lowest BCUT2D eigenvalue weighted by Crippen LogP contribution is -2.04. The van der Waals surface area contributed by atoms with Crippen molar-refractivity contribution >= 4 is 22.6 Å². The van der Waals surface area contributed by atoms with Crippen molar-refractivity contribution < 1.29 is 4.79 Å². The highest BCUT2D eigenvalue weighted by Crippen LogP contribution is 2.20. The first-order chi connectivity index (χ1) is 6.27. The van der Waals surface area contributed by atoms with Crippen LogP contribution in [0, 0.1) is 0 Å². The van der Waals surface area contributed by atoms with Crippen LogP contribution in [0.5, 0.6) is 0 Å². The zero-order valence-electron chi connectivity index (χ0n) is 7.16. The molecule has 2 aromatic heterocycles. The molecule has 0 saturated carbocycles. The summed E-state index contributed by atoms with van der Waals surface area (Å²) >= 11 is 0. The Hall–Kier alpha value is -1.84. The normalized spacial score (nSPS) is 10.2. The van der Waals surface area contributed by atoms with Crippen LogP contribution in [0.3, 0.4) is 0 Å². The van der Waals surface area contributed by atoms with Crippen molar-refractivity contribution in [3.05, 3.63) is 24.5 Å². The molecule has 2 heterocycles. The zero-order valence-corrected chi connectivity index (χ0v) is 7.16. The van der Waals surface area contributed by atoms with Crippen LogP contribution in [0.1, 0.15) is 6.92 Å². The van der Waals surface area contributed by atoms with Gasteiger partial charge >= 0.3 is 0 Å². The Balaban J connectivity index is 2.51. The van der Waals surface area contributed by atoms with Gasteiger partial charge in [-0.3, -0.25) is 4.79 Å². The Morgan fingerprint density at radius 3 is 3.23 bits per heavy atom. The predicted octanol–water partition coefficient (Wildman–Crippen LogP) is 1.52.